The van der Waals surface area contributed by atoms with E-state index in [0.717, 1.165) is 0 Å². The molecule has 0 saturated carbocycles. The largest absolute Gasteiger partial charge is 0.394 e. The summed E-state index contributed by atoms with van der Waals surface area (Å²) in [6, 6.07) is 2.92. The highest BCUT2D eigenvalue weighted by Crippen LogP contribution is 2.06. The molecule has 1 atom stereocenters. The number of pyridine rings is 1. The molecule has 0 aliphatic carbocycles. The number of nitrogens with one attached hydrogen (secondary N) is 1. The van der Waals surface area contributed by atoms with Crippen molar-refractivity contribution in [2.45, 2.75) is 19.4 Å². The molecule has 0 aliphatic heterocycles. The zero-order chi connectivity index (χ0) is 11.3. The zero-order valence-electron chi connectivity index (χ0n) is 8.40. The van der Waals surface area contributed by atoms with Crippen LogP contribution in [0.1, 0.15) is 23.8 Å². The molecule has 0 aliphatic rings. The van der Waals surface area contributed by atoms with Crippen LogP contribution in [-0.2, 0) is 0 Å². The van der Waals surface area contributed by atoms with Crippen LogP contribution >= 0.6 is 11.6 Å². The minimum absolute atomic E-state index is 0.0736. The minimum Gasteiger partial charge on any atom is -0.394 e. The summed E-state index contributed by atoms with van der Waals surface area (Å²) in [7, 11) is 0. The number of nitrogens with zero attached hydrogens (tertiary/aromatic N) is 1. The molecular formula is C10H13ClN2O2. The van der Waals surface area contributed by atoms with E-state index in [1.54, 1.807) is 12.1 Å². The molecule has 15 heavy (non-hydrogen) atoms. The molecule has 5 heteroatoms. The van der Waals surface area contributed by atoms with Gasteiger partial charge in [0.25, 0.3) is 5.91 Å². The van der Waals surface area contributed by atoms with Crippen molar-refractivity contribution in [3.8, 4) is 0 Å². The number of hydrogen-bond donors (Lipinski definition) is 2. The van der Waals surface area contributed by atoms with E-state index >= 15 is 0 Å². The monoisotopic (exact) mass is 228 g/mol. The minimum atomic E-state index is -0.299. The average Bonchev–Trinajstić information content (AvgIpc) is 2.26. The molecule has 0 aromatic carbocycles. The standard InChI is InChI=1S/C10H13ClN2O2/c1-2-8(6-14)13-10(15)9-4-3-7(11)5-12-9/h3-5,8,14H,2,6H2,1H3,(H,13,15)/t8-/m1/s1. The van der Waals surface area contributed by atoms with Crippen LogP contribution < -0.4 is 5.32 Å². The topological polar surface area (TPSA) is 62.2 Å². The van der Waals surface area contributed by atoms with Crippen LogP contribution in [0.2, 0.25) is 5.02 Å². The Balaban J connectivity index is 2.64. The van der Waals surface area contributed by atoms with Gasteiger partial charge in [-0.1, -0.05) is 18.5 Å². The Morgan fingerprint density at radius 3 is 2.87 bits per heavy atom. The molecule has 0 bridgehead atoms. The van der Waals surface area contributed by atoms with Gasteiger partial charge in [-0.2, -0.15) is 0 Å². The first-order valence-corrected chi connectivity index (χ1v) is 5.08. The number of carbonyl (C=O) groups excluding carboxylic acids is 1. The van der Waals surface area contributed by atoms with Crippen LogP contribution in [-0.4, -0.2) is 28.6 Å². The third kappa shape index (κ3) is 3.49. The maximum Gasteiger partial charge on any atom is 0.270 e. The molecule has 0 unspecified atom stereocenters. The maximum absolute atomic E-state index is 11.6. The normalized spacial score (nSPS) is 12.2. The van der Waals surface area contributed by atoms with Crippen LogP contribution in [0.4, 0.5) is 0 Å². The van der Waals surface area contributed by atoms with Crippen molar-refractivity contribution in [3.05, 3.63) is 29.0 Å². The number of aliphatic hydroxyl groups excluding tert-OH is 1. The zero-order valence-corrected chi connectivity index (χ0v) is 9.16. The summed E-state index contributed by atoms with van der Waals surface area (Å²) in [4.78, 5) is 15.4. The van der Waals surface area contributed by atoms with E-state index in [9.17, 15) is 4.79 Å². The smallest absolute Gasteiger partial charge is 0.270 e. The van der Waals surface area contributed by atoms with E-state index in [4.69, 9.17) is 16.7 Å². The van der Waals surface area contributed by atoms with Crippen molar-refractivity contribution in [2.75, 3.05) is 6.61 Å². The lowest BCUT2D eigenvalue weighted by Crippen LogP contribution is -2.37. The van der Waals surface area contributed by atoms with E-state index in [0.29, 0.717) is 17.1 Å². The van der Waals surface area contributed by atoms with Gasteiger partial charge >= 0.3 is 0 Å². The van der Waals surface area contributed by atoms with E-state index in [2.05, 4.69) is 10.3 Å². The molecule has 1 aromatic rings. The summed E-state index contributed by atoms with van der Waals surface area (Å²) in [6.07, 6.45) is 2.09. The fourth-order valence-corrected chi connectivity index (χ4v) is 1.16. The highest BCUT2D eigenvalue weighted by Gasteiger charge is 2.11. The first-order valence-electron chi connectivity index (χ1n) is 4.70. The van der Waals surface area contributed by atoms with Gasteiger partial charge in [0, 0.05) is 6.20 Å². The van der Waals surface area contributed by atoms with Gasteiger partial charge in [0.05, 0.1) is 17.7 Å². The van der Waals surface area contributed by atoms with Crippen molar-refractivity contribution >= 4 is 17.5 Å². The molecule has 82 valence electrons. The molecule has 1 heterocycles. The highest BCUT2D eigenvalue weighted by molar-refractivity contribution is 6.30. The molecule has 1 rings (SSSR count). The van der Waals surface area contributed by atoms with Gasteiger partial charge in [0.15, 0.2) is 0 Å². The molecule has 0 fully saturated rings. The second-order valence-corrected chi connectivity index (χ2v) is 3.56. The Labute approximate surface area is 93.3 Å². The summed E-state index contributed by atoms with van der Waals surface area (Å²) in [5, 5.41) is 12.1. The molecule has 4 nitrogen and oxygen atoms in total. The van der Waals surface area contributed by atoms with Gasteiger partial charge in [-0.15, -0.1) is 0 Å². The maximum atomic E-state index is 11.6. The lowest BCUT2D eigenvalue weighted by atomic mass is 10.2. The lowest BCUT2D eigenvalue weighted by molar-refractivity contribution is 0.0910. The van der Waals surface area contributed by atoms with Crippen LogP contribution in [0.5, 0.6) is 0 Å². The van der Waals surface area contributed by atoms with Gasteiger partial charge in [0.1, 0.15) is 5.69 Å². The van der Waals surface area contributed by atoms with Crippen molar-refractivity contribution < 1.29 is 9.90 Å². The van der Waals surface area contributed by atoms with E-state index in [1.807, 2.05) is 6.92 Å². The lowest BCUT2D eigenvalue weighted by Gasteiger charge is -2.13. The van der Waals surface area contributed by atoms with E-state index < -0.39 is 0 Å². The van der Waals surface area contributed by atoms with Crippen LogP contribution in [0.25, 0.3) is 0 Å². The van der Waals surface area contributed by atoms with E-state index in [1.165, 1.54) is 6.20 Å². The van der Waals surface area contributed by atoms with Gasteiger partial charge in [0.2, 0.25) is 0 Å². The number of rotatable bonds is 4. The van der Waals surface area contributed by atoms with Crippen LogP contribution in [0, 0.1) is 0 Å². The average molecular weight is 229 g/mol. The fraction of sp³-hybridized carbons (Fsp3) is 0.400. The fourth-order valence-electron chi connectivity index (χ4n) is 1.05. The third-order valence-corrected chi connectivity index (χ3v) is 2.23. The first-order chi connectivity index (χ1) is 7.17. The van der Waals surface area contributed by atoms with Crippen molar-refractivity contribution in [1.29, 1.82) is 0 Å². The number of amides is 1. The highest BCUT2D eigenvalue weighted by atomic mass is 35.5. The number of carbonyl (C=O) groups is 1. The Hall–Kier alpha value is -1.13. The Bertz CT molecular complexity index is 323. The predicted octanol–water partition coefficient (Wildman–Crippen LogP) is 1.24. The summed E-state index contributed by atoms with van der Waals surface area (Å²) in [5.41, 5.74) is 0.298. The molecule has 0 saturated heterocycles. The third-order valence-electron chi connectivity index (χ3n) is 2.01. The number of aromatic nitrogens is 1. The SMILES string of the molecule is CC[C@H](CO)NC(=O)c1ccc(Cl)cn1. The van der Waals surface area contributed by atoms with Crippen LogP contribution in [0.3, 0.4) is 0 Å². The number of aliphatic hydroxyl groups is 1. The molecule has 2 N–H and O–H groups in total. The summed E-state index contributed by atoms with van der Waals surface area (Å²) in [6.45, 7) is 1.81. The quantitative estimate of drug-likeness (QED) is 0.815. The van der Waals surface area contributed by atoms with Crippen molar-refractivity contribution in [3.63, 3.8) is 0 Å². The summed E-state index contributed by atoms with van der Waals surface area (Å²) in [5.74, 6) is -0.299. The van der Waals surface area contributed by atoms with Gasteiger partial charge < -0.3 is 10.4 Å². The second kappa shape index (κ2) is 5.68. The van der Waals surface area contributed by atoms with E-state index in [-0.39, 0.29) is 18.6 Å². The molecule has 0 spiro atoms. The Morgan fingerprint density at radius 2 is 2.40 bits per heavy atom. The molecule has 1 aromatic heterocycles. The molecule has 0 radical (unpaired) electrons. The van der Waals surface area contributed by atoms with Gasteiger partial charge in [-0.05, 0) is 18.6 Å². The predicted molar refractivity (Wildman–Crippen MR) is 57.9 cm³/mol. The Morgan fingerprint density at radius 1 is 1.67 bits per heavy atom. The number of hydrogen-bond acceptors (Lipinski definition) is 3. The molecule has 1 amide bonds. The van der Waals surface area contributed by atoms with Gasteiger partial charge in [-0.3, -0.25) is 4.79 Å². The second-order valence-electron chi connectivity index (χ2n) is 3.12. The summed E-state index contributed by atoms with van der Waals surface area (Å²) >= 11 is 5.64. The van der Waals surface area contributed by atoms with Crippen molar-refractivity contribution in [1.82, 2.24) is 10.3 Å². The first kappa shape index (κ1) is 11.9. The van der Waals surface area contributed by atoms with Crippen molar-refractivity contribution in [2.24, 2.45) is 0 Å². The molecular weight excluding hydrogens is 216 g/mol. The van der Waals surface area contributed by atoms with Crippen LogP contribution in [0.15, 0.2) is 18.3 Å². The number of halogens is 1. The summed E-state index contributed by atoms with van der Waals surface area (Å²) < 4.78 is 0. The van der Waals surface area contributed by atoms with Gasteiger partial charge in [-0.25, -0.2) is 4.98 Å². The Kier molecular flexibility index (Phi) is 4.52.